The number of carbonyl (C=O) groups is 2. The maximum Gasteiger partial charge on any atom is 0.416 e. The number of nitrogens with one attached hydrogen (secondary N) is 1. The highest BCUT2D eigenvalue weighted by atomic mass is 32.1. The predicted molar refractivity (Wildman–Crippen MR) is 106 cm³/mol. The van der Waals surface area contributed by atoms with Crippen molar-refractivity contribution in [2.24, 2.45) is 10.8 Å². The van der Waals surface area contributed by atoms with Crippen LogP contribution in [0.2, 0.25) is 0 Å². The summed E-state index contributed by atoms with van der Waals surface area (Å²) in [4.78, 5) is 28.9. The van der Waals surface area contributed by atoms with Crippen LogP contribution >= 0.6 is 11.3 Å². The quantitative estimate of drug-likeness (QED) is 0.679. The zero-order chi connectivity index (χ0) is 22.4. The number of halogens is 3. The number of benzene rings is 1. The van der Waals surface area contributed by atoms with Gasteiger partial charge in [-0.05, 0) is 50.7 Å². The minimum absolute atomic E-state index is 0.0867. The molecule has 10 heteroatoms. The highest BCUT2D eigenvalue weighted by Gasteiger charge is 2.55. The fraction of sp³-hybridized carbons (Fsp3) is 0.429. The van der Waals surface area contributed by atoms with Gasteiger partial charge in [-0.15, -0.1) is 0 Å². The minimum Gasteiger partial charge on any atom is -0.481 e. The SMILES string of the molecule is N#Cc1sc(NC(=O)C23CCC(C(=O)O)(CC2)CC3)nc1-c1cccc(C(F)(F)F)c1. The molecule has 0 unspecified atom stereocenters. The summed E-state index contributed by atoms with van der Waals surface area (Å²) in [7, 11) is 0. The molecule has 31 heavy (non-hydrogen) atoms. The van der Waals surface area contributed by atoms with Gasteiger partial charge in [0.25, 0.3) is 0 Å². The third-order valence-corrected chi connectivity index (χ3v) is 7.47. The molecule has 3 saturated carbocycles. The number of fused-ring (bicyclic) bond motifs is 3. The van der Waals surface area contributed by atoms with E-state index < -0.39 is 28.5 Å². The van der Waals surface area contributed by atoms with Crippen LogP contribution in [-0.2, 0) is 15.8 Å². The van der Waals surface area contributed by atoms with Crippen LogP contribution in [0.3, 0.4) is 0 Å². The number of carboxylic acid groups (broad SMARTS) is 1. The molecule has 0 saturated heterocycles. The second-order valence-corrected chi connectivity index (χ2v) is 9.21. The van der Waals surface area contributed by atoms with E-state index in [2.05, 4.69) is 10.3 Å². The van der Waals surface area contributed by atoms with Crippen LogP contribution in [0, 0.1) is 22.2 Å². The summed E-state index contributed by atoms with van der Waals surface area (Å²) in [5.74, 6) is -1.09. The number of nitrogens with zero attached hydrogens (tertiary/aromatic N) is 2. The van der Waals surface area contributed by atoms with Gasteiger partial charge >= 0.3 is 12.1 Å². The molecule has 3 aliphatic rings. The molecular weight excluding hydrogens is 431 g/mol. The molecule has 0 radical (unpaired) electrons. The van der Waals surface area contributed by atoms with E-state index in [9.17, 15) is 33.1 Å². The summed E-state index contributed by atoms with van der Waals surface area (Å²) in [5.41, 5.74) is -2.04. The summed E-state index contributed by atoms with van der Waals surface area (Å²) >= 11 is 0.907. The number of aromatic nitrogens is 1. The molecule has 0 atom stereocenters. The van der Waals surface area contributed by atoms with Gasteiger partial charge in [0.05, 0.1) is 11.0 Å². The Morgan fingerprint density at radius 3 is 2.29 bits per heavy atom. The van der Waals surface area contributed by atoms with E-state index in [1.54, 1.807) is 0 Å². The van der Waals surface area contributed by atoms with E-state index in [1.165, 1.54) is 12.1 Å². The number of nitriles is 1. The van der Waals surface area contributed by atoms with Crippen molar-refractivity contribution in [1.29, 1.82) is 5.26 Å². The Morgan fingerprint density at radius 1 is 1.13 bits per heavy atom. The van der Waals surface area contributed by atoms with E-state index >= 15 is 0 Å². The van der Waals surface area contributed by atoms with Crippen molar-refractivity contribution >= 4 is 28.3 Å². The van der Waals surface area contributed by atoms with Crippen LogP contribution in [0.1, 0.15) is 49.0 Å². The Kier molecular flexibility index (Phi) is 5.04. The fourth-order valence-electron chi connectivity index (χ4n) is 4.56. The Balaban J connectivity index is 1.57. The lowest BCUT2D eigenvalue weighted by Crippen LogP contribution is -2.50. The normalized spacial score (nSPS) is 25.1. The highest BCUT2D eigenvalue weighted by Crippen LogP contribution is 2.57. The largest absolute Gasteiger partial charge is 0.481 e. The van der Waals surface area contributed by atoms with Gasteiger partial charge in [0.15, 0.2) is 5.13 Å². The number of amides is 1. The van der Waals surface area contributed by atoms with Gasteiger partial charge in [0, 0.05) is 11.0 Å². The molecule has 1 aromatic carbocycles. The first-order valence-corrected chi connectivity index (χ1v) is 10.5. The summed E-state index contributed by atoms with van der Waals surface area (Å²) in [5, 5.41) is 21.8. The maximum absolute atomic E-state index is 13.0. The standard InChI is InChI=1S/C21H18F3N3O3S/c22-21(23,24)13-3-1-2-12(10-13)15-14(11-25)31-18(26-15)27-16(28)19-4-7-20(8-5-19,9-6-19)17(29)30/h1-3,10H,4-9H2,(H,29,30)(H,26,27,28). The first kappa shape index (κ1) is 21.3. The fourth-order valence-corrected chi connectivity index (χ4v) is 5.34. The van der Waals surface area contributed by atoms with E-state index in [-0.39, 0.29) is 27.2 Å². The van der Waals surface area contributed by atoms with Crippen LogP contribution < -0.4 is 5.32 Å². The lowest BCUT2D eigenvalue weighted by Gasteiger charge is -2.50. The molecule has 1 heterocycles. The van der Waals surface area contributed by atoms with Crippen molar-refractivity contribution in [3.05, 3.63) is 34.7 Å². The lowest BCUT2D eigenvalue weighted by molar-refractivity contribution is -0.162. The third-order valence-electron chi connectivity index (χ3n) is 6.59. The zero-order valence-corrected chi connectivity index (χ0v) is 17.1. The molecule has 1 amide bonds. The molecular formula is C21H18F3N3O3S. The smallest absolute Gasteiger partial charge is 0.416 e. The number of carboxylic acids is 1. The van der Waals surface area contributed by atoms with Gasteiger partial charge in [-0.1, -0.05) is 23.5 Å². The van der Waals surface area contributed by atoms with E-state index in [0.29, 0.717) is 38.5 Å². The number of aliphatic carboxylic acids is 1. The molecule has 3 aliphatic carbocycles. The Bertz CT molecular complexity index is 1080. The number of hydrogen-bond acceptors (Lipinski definition) is 5. The van der Waals surface area contributed by atoms with Gasteiger partial charge in [0.2, 0.25) is 5.91 Å². The van der Waals surface area contributed by atoms with Gasteiger partial charge in [-0.25, -0.2) is 4.98 Å². The van der Waals surface area contributed by atoms with Crippen molar-refractivity contribution in [3.63, 3.8) is 0 Å². The summed E-state index contributed by atoms with van der Waals surface area (Å²) in [6.45, 7) is 0. The van der Waals surface area contributed by atoms with Gasteiger partial charge in [-0.2, -0.15) is 18.4 Å². The summed E-state index contributed by atoms with van der Waals surface area (Å²) in [6.07, 6.45) is -1.83. The molecule has 1 aromatic heterocycles. The number of thiazole rings is 1. The first-order valence-electron chi connectivity index (χ1n) is 9.72. The maximum atomic E-state index is 13.0. The number of rotatable bonds is 4. The van der Waals surface area contributed by atoms with Crippen LogP contribution in [0.25, 0.3) is 11.3 Å². The third kappa shape index (κ3) is 3.67. The second kappa shape index (κ2) is 7.34. The Labute approximate surface area is 179 Å². The van der Waals surface area contributed by atoms with Gasteiger partial charge in [0.1, 0.15) is 16.6 Å². The van der Waals surface area contributed by atoms with Gasteiger partial charge in [-0.3, -0.25) is 9.59 Å². The summed E-state index contributed by atoms with van der Waals surface area (Å²) in [6, 6.07) is 6.47. The molecule has 3 fully saturated rings. The molecule has 2 aromatic rings. The molecule has 2 N–H and O–H groups in total. The van der Waals surface area contributed by atoms with Crippen molar-refractivity contribution in [3.8, 4) is 17.3 Å². The second-order valence-electron chi connectivity index (χ2n) is 8.21. The molecule has 0 spiro atoms. The molecule has 162 valence electrons. The van der Waals surface area contributed by atoms with Crippen molar-refractivity contribution in [1.82, 2.24) is 4.98 Å². The monoisotopic (exact) mass is 449 g/mol. The van der Waals surface area contributed by atoms with Crippen molar-refractivity contribution < 1.29 is 27.9 Å². The average Bonchev–Trinajstić information content (AvgIpc) is 3.17. The van der Waals surface area contributed by atoms with Crippen molar-refractivity contribution in [2.75, 3.05) is 5.32 Å². The molecule has 0 aliphatic heterocycles. The number of anilines is 1. The van der Waals surface area contributed by atoms with E-state index in [1.807, 2.05) is 6.07 Å². The van der Waals surface area contributed by atoms with Crippen molar-refractivity contribution in [2.45, 2.75) is 44.7 Å². The van der Waals surface area contributed by atoms with Gasteiger partial charge < -0.3 is 10.4 Å². The van der Waals surface area contributed by atoms with Crippen LogP contribution in [0.5, 0.6) is 0 Å². The minimum atomic E-state index is -4.53. The predicted octanol–water partition coefficient (Wildman–Crippen LogP) is 5.06. The average molecular weight is 449 g/mol. The number of carbonyl (C=O) groups excluding carboxylic acids is 1. The van der Waals surface area contributed by atoms with Crippen LogP contribution in [0.4, 0.5) is 18.3 Å². The highest BCUT2D eigenvalue weighted by molar-refractivity contribution is 7.16. The molecule has 6 nitrogen and oxygen atoms in total. The molecule has 2 bridgehead atoms. The van der Waals surface area contributed by atoms with E-state index in [0.717, 1.165) is 23.5 Å². The summed E-state index contributed by atoms with van der Waals surface area (Å²) < 4.78 is 39.1. The topological polar surface area (TPSA) is 103 Å². The van der Waals surface area contributed by atoms with E-state index in [4.69, 9.17) is 0 Å². The lowest BCUT2D eigenvalue weighted by atomic mass is 9.53. The zero-order valence-electron chi connectivity index (χ0n) is 16.3. The Hall–Kier alpha value is -2.93. The number of alkyl halides is 3. The van der Waals surface area contributed by atoms with Crippen LogP contribution in [-0.4, -0.2) is 22.0 Å². The molecule has 5 rings (SSSR count). The first-order chi connectivity index (χ1) is 14.6. The Morgan fingerprint density at radius 2 is 1.74 bits per heavy atom. The number of hydrogen-bond donors (Lipinski definition) is 2. The van der Waals surface area contributed by atoms with Crippen LogP contribution in [0.15, 0.2) is 24.3 Å².